The number of hydrogen-bond donors (Lipinski definition) is 2. The lowest BCUT2D eigenvalue weighted by molar-refractivity contribution is -0.122. The van der Waals surface area contributed by atoms with Gasteiger partial charge in [0.25, 0.3) is 0 Å². The van der Waals surface area contributed by atoms with Crippen molar-refractivity contribution in [3.05, 3.63) is 0 Å². The van der Waals surface area contributed by atoms with Gasteiger partial charge in [0.2, 0.25) is 5.91 Å². The smallest absolute Gasteiger partial charge is 0.234 e. The predicted octanol–water partition coefficient (Wildman–Crippen LogP) is 1.37. The Labute approximate surface area is 111 Å². The first-order valence-electron chi connectivity index (χ1n) is 7.49. The molecule has 4 nitrogen and oxygen atoms in total. The van der Waals surface area contributed by atoms with Gasteiger partial charge in [-0.25, -0.2) is 0 Å². The van der Waals surface area contributed by atoms with E-state index in [0.29, 0.717) is 12.6 Å². The first-order valence-corrected chi connectivity index (χ1v) is 7.49. The van der Waals surface area contributed by atoms with Gasteiger partial charge in [0.05, 0.1) is 6.54 Å². The van der Waals surface area contributed by atoms with Crippen LogP contribution in [-0.4, -0.2) is 49.6 Å². The van der Waals surface area contributed by atoms with E-state index in [9.17, 15) is 4.79 Å². The monoisotopic (exact) mass is 255 g/mol. The molecule has 0 aromatic carbocycles. The fourth-order valence-electron chi connectivity index (χ4n) is 2.47. The van der Waals surface area contributed by atoms with Gasteiger partial charge in [0.15, 0.2) is 0 Å². The molecule has 0 radical (unpaired) electrons. The van der Waals surface area contributed by atoms with Crippen LogP contribution in [0.3, 0.4) is 0 Å². The third kappa shape index (κ3) is 5.83. The summed E-state index contributed by atoms with van der Waals surface area (Å²) in [6.45, 7) is 8.87. The van der Waals surface area contributed by atoms with Crippen LogP contribution in [0.2, 0.25) is 0 Å². The van der Waals surface area contributed by atoms with Gasteiger partial charge in [-0.3, -0.25) is 9.69 Å². The number of rotatable bonds is 8. The van der Waals surface area contributed by atoms with Gasteiger partial charge in [-0.15, -0.1) is 0 Å². The highest BCUT2D eigenvalue weighted by Gasteiger charge is 2.21. The van der Waals surface area contributed by atoms with Gasteiger partial charge >= 0.3 is 0 Å². The Balaban J connectivity index is 2.33. The lowest BCUT2D eigenvalue weighted by Gasteiger charge is -2.34. The number of hydrogen-bond acceptors (Lipinski definition) is 3. The van der Waals surface area contributed by atoms with Crippen molar-refractivity contribution in [3.63, 3.8) is 0 Å². The van der Waals surface area contributed by atoms with Crippen molar-refractivity contribution in [1.29, 1.82) is 0 Å². The molecule has 0 aromatic heterocycles. The molecular formula is C14H29N3O. The molecule has 106 valence electrons. The van der Waals surface area contributed by atoms with Crippen LogP contribution >= 0.6 is 0 Å². The minimum Gasteiger partial charge on any atom is -0.355 e. The van der Waals surface area contributed by atoms with Crippen molar-refractivity contribution < 1.29 is 4.79 Å². The zero-order valence-corrected chi connectivity index (χ0v) is 12.0. The van der Waals surface area contributed by atoms with E-state index >= 15 is 0 Å². The molecule has 1 aliphatic heterocycles. The quantitative estimate of drug-likeness (QED) is 0.644. The molecule has 0 aliphatic carbocycles. The molecule has 0 spiro atoms. The summed E-state index contributed by atoms with van der Waals surface area (Å²) in [5, 5.41) is 6.44. The molecule has 0 bridgehead atoms. The number of piperidine rings is 1. The van der Waals surface area contributed by atoms with Crippen LogP contribution in [0.5, 0.6) is 0 Å². The predicted molar refractivity (Wildman–Crippen MR) is 75.7 cm³/mol. The minimum absolute atomic E-state index is 0.183. The van der Waals surface area contributed by atoms with Crippen molar-refractivity contribution in [2.75, 3.05) is 32.7 Å². The van der Waals surface area contributed by atoms with Crippen molar-refractivity contribution in [2.45, 2.75) is 52.0 Å². The third-order valence-electron chi connectivity index (χ3n) is 3.50. The molecule has 1 heterocycles. The highest BCUT2D eigenvalue weighted by atomic mass is 16.2. The molecule has 1 atom stereocenters. The number of amides is 1. The summed E-state index contributed by atoms with van der Waals surface area (Å²) in [6, 6.07) is 0.538. The Morgan fingerprint density at radius 3 is 2.83 bits per heavy atom. The number of carbonyl (C=O) groups excluding carboxylic acids is 1. The van der Waals surface area contributed by atoms with Crippen molar-refractivity contribution in [1.82, 2.24) is 15.5 Å². The van der Waals surface area contributed by atoms with Gasteiger partial charge in [0, 0.05) is 19.1 Å². The number of nitrogens with one attached hydrogen (secondary N) is 2. The highest BCUT2D eigenvalue weighted by Crippen LogP contribution is 2.10. The van der Waals surface area contributed by atoms with Gasteiger partial charge in [-0.1, -0.05) is 20.3 Å². The van der Waals surface area contributed by atoms with Crippen LogP contribution in [0.4, 0.5) is 0 Å². The molecule has 1 saturated heterocycles. The minimum atomic E-state index is 0.183. The van der Waals surface area contributed by atoms with E-state index in [1.807, 2.05) is 0 Å². The van der Waals surface area contributed by atoms with E-state index in [4.69, 9.17) is 0 Å². The topological polar surface area (TPSA) is 44.4 Å². The fourth-order valence-corrected chi connectivity index (χ4v) is 2.47. The molecule has 1 amide bonds. The Hall–Kier alpha value is -0.610. The normalized spacial score (nSPS) is 20.1. The van der Waals surface area contributed by atoms with E-state index in [1.54, 1.807) is 0 Å². The summed E-state index contributed by atoms with van der Waals surface area (Å²) in [5.41, 5.74) is 0. The van der Waals surface area contributed by atoms with Crippen LogP contribution < -0.4 is 10.6 Å². The van der Waals surface area contributed by atoms with E-state index in [0.717, 1.165) is 45.4 Å². The Bertz CT molecular complexity index is 227. The second kappa shape index (κ2) is 9.34. The standard InChI is InChI=1S/C14H29N3O/c1-3-5-9-16-14(18)12-17(10-4-2)13-7-6-8-15-11-13/h13,15H,3-12H2,1-2H3,(H,16,18). The zero-order valence-electron chi connectivity index (χ0n) is 12.0. The van der Waals surface area contributed by atoms with Gasteiger partial charge in [-0.2, -0.15) is 0 Å². The van der Waals surface area contributed by atoms with Crippen LogP contribution in [0, 0.1) is 0 Å². The Morgan fingerprint density at radius 1 is 1.39 bits per heavy atom. The SMILES string of the molecule is CCCCNC(=O)CN(CCC)C1CCCNC1. The van der Waals surface area contributed by atoms with Crippen molar-refractivity contribution in [2.24, 2.45) is 0 Å². The van der Waals surface area contributed by atoms with Crippen LogP contribution in [0.25, 0.3) is 0 Å². The van der Waals surface area contributed by atoms with Crippen molar-refractivity contribution in [3.8, 4) is 0 Å². The average Bonchev–Trinajstić information content (AvgIpc) is 2.39. The molecule has 1 unspecified atom stereocenters. The molecule has 0 aromatic rings. The second-order valence-electron chi connectivity index (χ2n) is 5.17. The summed E-state index contributed by atoms with van der Waals surface area (Å²) in [5.74, 6) is 0.183. The summed E-state index contributed by atoms with van der Waals surface area (Å²) < 4.78 is 0. The summed E-state index contributed by atoms with van der Waals surface area (Å²) in [6.07, 6.45) is 5.76. The molecule has 2 N–H and O–H groups in total. The van der Waals surface area contributed by atoms with Gasteiger partial charge in [-0.05, 0) is 38.8 Å². The molecule has 18 heavy (non-hydrogen) atoms. The second-order valence-corrected chi connectivity index (χ2v) is 5.17. The maximum absolute atomic E-state index is 11.9. The van der Waals surface area contributed by atoms with Gasteiger partial charge in [0.1, 0.15) is 0 Å². The maximum Gasteiger partial charge on any atom is 0.234 e. The van der Waals surface area contributed by atoms with E-state index in [1.165, 1.54) is 12.8 Å². The largest absolute Gasteiger partial charge is 0.355 e. The summed E-state index contributed by atoms with van der Waals surface area (Å²) in [7, 11) is 0. The lowest BCUT2D eigenvalue weighted by atomic mass is 10.1. The fraction of sp³-hybridized carbons (Fsp3) is 0.929. The Morgan fingerprint density at radius 2 is 2.22 bits per heavy atom. The maximum atomic E-state index is 11.9. The lowest BCUT2D eigenvalue weighted by Crippen LogP contribution is -2.49. The van der Waals surface area contributed by atoms with Crippen molar-refractivity contribution >= 4 is 5.91 Å². The Kier molecular flexibility index (Phi) is 8.01. The first kappa shape index (κ1) is 15.4. The van der Waals surface area contributed by atoms with E-state index in [2.05, 4.69) is 29.4 Å². The molecule has 0 saturated carbocycles. The number of unbranched alkanes of at least 4 members (excludes halogenated alkanes) is 1. The molecule has 1 fully saturated rings. The molecular weight excluding hydrogens is 226 g/mol. The molecule has 1 rings (SSSR count). The van der Waals surface area contributed by atoms with Crippen LogP contribution in [0.15, 0.2) is 0 Å². The van der Waals surface area contributed by atoms with E-state index < -0.39 is 0 Å². The van der Waals surface area contributed by atoms with Gasteiger partial charge < -0.3 is 10.6 Å². The third-order valence-corrected chi connectivity index (χ3v) is 3.50. The first-order chi connectivity index (χ1) is 8.77. The molecule has 4 heteroatoms. The zero-order chi connectivity index (χ0) is 13.2. The van der Waals surface area contributed by atoms with Crippen LogP contribution in [0.1, 0.15) is 46.0 Å². The summed E-state index contributed by atoms with van der Waals surface area (Å²) >= 11 is 0. The molecule has 1 aliphatic rings. The highest BCUT2D eigenvalue weighted by molar-refractivity contribution is 5.78. The number of carbonyl (C=O) groups is 1. The number of nitrogens with zero attached hydrogens (tertiary/aromatic N) is 1. The summed E-state index contributed by atoms with van der Waals surface area (Å²) in [4.78, 5) is 14.2. The van der Waals surface area contributed by atoms with Crippen LogP contribution in [-0.2, 0) is 4.79 Å². The average molecular weight is 255 g/mol. The van der Waals surface area contributed by atoms with E-state index in [-0.39, 0.29) is 5.91 Å².